The molecular weight excluding hydrogens is 430 g/mol. The van der Waals surface area contributed by atoms with E-state index in [-0.39, 0.29) is 12.7 Å². The van der Waals surface area contributed by atoms with Crippen LogP contribution in [0.4, 0.5) is 0 Å². The van der Waals surface area contributed by atoms with E-state index in [1.807, 2.05) is 42.5 Å². The lowest BCUT2D eigenvalue weighted by Crippen LogP contribution is -2.41. The van der Waals surface area contributed by atoms with Gasteiger partial charge < -0.3 is 19.5 Å². The van der Waals surface area contributed by atoms with Crippen molar-refractivity contribution in [2.75, 3.05) is 46.2 Å². The highest BCUT2D eigenvalue weighted by Crippen LogP contribution is 2.39. The van der Waals surface area contributed by atoms with Gasteiger partial charge in [0.2, 0.25) is 6.79 Å². The van der Waals surface area contributed by atoms with Gasteiger partial charge in [-0.2, -0.15) is 0 Å². The first-order valence-corrected chi connectivity index (χ1v) is 11.9. The number of allylic oxidation sites excluding steroid dienone is 1. The second-order valence-electron chi connectivity index (χ2n) is 8.82. The van der Waals surface area contributed by atoms with Crippen molar-refractivity contribution in [1.29, 1.82) is 0 Å². The summed E-state index contributed by atoms with van der Waals surface area (Å²) in [7, 11) is 0. The fourth-order valence-electron chi connectivity index (χ4n) is 4.98. The Labute approximate surface area is 198 Å². The molecule has 7 heteroatoms. The smallest absolute Gasteiger partial charge is 0.252 e. The van der Waals surface area contributed by atoms with E-state index < -0.39 is 0 Å². The molecule has 0 atom stereocenters. The zero-order valence-electron chi connectivity index (χ0n) is 19.0. The zero-order valence-corrected chi connectivity index (χ0v) is 19.0. The van der Waals surface area contributed by atoms with Crippen LogP contribution in [0, 0.1) is 0 Å². The van der Waals surface area contributed by atoms with E-state index in [2.05, 4.69) is 16.3 Å². The van der Waals surface area contributed by atoms with E-state index in [4.69, 9.17) is 19.2 Å². The summed E-state index contributed by atoms with van der Waals surface area (Å²) >= 11 is 0. The molecule has 2 aromatic carbocycles. The summed E-state index contributed by atoms with van der Waals surface area (Å²) in [6.07, 6.45) is 3.80. The molecule has 7 nitrogen and oxygen atoms in total. The van der Waals surface area contributed by atoms with Crippen molar-refractivity contribution in [2.24, 2.45) is 0 Å². The standard InChI is InChI=1S/C27H27N3O4/c31-27(28-9-10-30-11-13-32-14-12-30)25-20-3-1-2-4-22(20)29-26-19(6-7-21(25)26)15-18-5-8-23-24(16-18)34-17-33-23/h1-5,8,15-16H,6-7,9-14,17H2,(H,28,31)/b19-15+. The monoisotopic (exact) mass is 457 g/mol. The number of aromatic nitrogens is 1. The molecule has 0 saturated carbocycles. The van der Waals surface area contributed by atoms with Gasteiger partial charge in [0.1, 0.15) is 0 Å². The number of nitrogens with zero attached hydrogens (tertiary/aromatic N) is 2. The van der Waals surface area contributed by atoms with Gasteiger partial charge in [-0.1, -0.05) is 24.3 Å². The van der Waals surface area contributed by atoms with Crippen molar-refractivity contribution in [2.45, 2.75) is 12.8 Å². The first kappa shape index (κ1) is 21.1. The summed E-state index contributed by atoms with van der Waals surface area (Å²) in [4.78, 5) is 20.7. The number of rotatable bonds is 5. The molecular formula is C27H27N3O4. The lowest BCUT2D eigenvalue weighted by Gasteiger charge is -2.26. The minimum Gasteiger partial charge on any atom is -0.454 e. The quantitative estimate of drug-likeness (QED) is 0.632. The lowest BCUT2D eigenvalue weighted by molar-refractivity contribution is 0.0383. The number of hydrogen-bond acceptors (Lipinski definition) is 6. The molecule has 2 aliphatic heterocycles. The van der Waals surface area contributed by atoms with Gasteiger partial charge in [-0.05, 0) is 53.8 Å². The van der Waals surface area contributed by atoms with Crippen LogP contribution in [0.15, 0.2) is 42.5 Å². The van der Waals surface area contributed by atoms with Crippen LogP contribution < -0.4 is 14.8 Å². The Bertz CT molecular complexity index is 1280. The molecule has 34 heavy (non-hydrogen) atoms. The van der Waals surface area contributed by atoms with E-state index in [0.29, 0.717) is 6.54 Å². The van der Waals surface area contributed by atoms with Gasteiger partial charge in [0.25, 0.3) is 5.91 Å². The Morgan fingerprint density at radius 1 is 1.06 bits per heavy atom. The van der Waals surface area contributed by atoms with E-state index in [9.17, 15) is 4.79 Å². The molecule has 1 fully saturated rings. The summed E-state index contributed by atoms with van der Waals surface area (Å²) < 4.78 is 16.4. The number of fused-ring (bicyclic) bond motifs is 3. The normalized spacial score (nSPS) is 18.4. The number of carbonyl (C=O) groups is 1. The molecule has 1 amide bonds. The number of carbonyl (C=O) groups excluding carboxylic acids is 1. The molecule has 6 rings (SSSR count). The van der Waals surface area contributed by atoms with Crippen molar-refractivity contribution < 1.29 is 19.0 Å². The summed E-state index contributed by atoms with van der Waals surface area (Å²) in [5.74, 6) is 1.51. The average Bonchev–Trinajstić information content (AvgIpc) is 3.50. The average molecular weight is 458 g/mol. The van der Waals surface area contributed by atoms with Crippen LogP contribution in [0.25, 0.3) is 22.6 Å². The molecule has 3 aromatic rings. The SMILES string of the molecule is O=C(NCCN1CCOCC1)c1c2c(nc3ccccc13)/C(=C/c1ccc3c(c1)OCO3)CC2. The minimum atomic E-state index is -0.0209. The Morgan fingerprint density at radius 3 is 2.82 bits per heavy atom. The second kappa shape index (κ2) is 9.08. The molecule has 0 bridgehead atoms. The van der Waals surface area contributed by atoms with Crippen LogP contribution in [0.1, 0.15) is 33.6 Å². The Kier molecular flexibility index (Phi) is 5.65. The highest BCUT2D eigenvalue weighted by Gasteiger charge is 2.27. The Balaban J connectivity index is 1.31. The first-order chi connectivity index (χ1) is 16.8. The number of ether oxygens (including phenoxy) is 3. The van der Waals surface area contributed by atoms with Crippen LogP contribution in [-0.2, 0) is 11.2 Å². The van der Waals surface area contributed by atoms with Crippen LogP contribution in [0.3, 0.4) is 0 Å². The van der Waals surface area contributed by atoms with E-state index >= 15 is 0 Å². The van der Waals surface area contributed by atoms with Gasteiger partial charge in [-0.3, -0.25) is 9.69 Å². The van der Waals surface area contributed by atoms with Gasteiger partial charge in [0, 0.05) is 31.6 Å². The predicted octanol–water partition coefficient (Wildman–Crippen LogP) is 3.51. The van der Waals surface area contributed by atoms with E-state index in [0.717, 1.165) is 96.0 Å². The van der Waals surface area contributed by atoms with Gasteiger partial charge in [-0.25, -0.2) is 4.98 Å². The highest BCUT2D eigenvalue weighted by atomic mass is 16.7. The molecule has 3 aliphatic rings. The molecule has 1 aliphatic carbocycles. The maximum atomic E-state index is 13.4. The zero-order chi connectivity index (χ0) is 22.9. The topological polar surface area (TPSA) is 72.9 Å². The third-order valence-corrected chi connectivity index (χ3v) is 6.72. The number of morpholine rings is 1. The van der Waals surface area contributed by atoms with Crippen molar-refractivity contribution >= 4 is 28.5 Å². The minimum absolute atomic E-state index is 0.0209. The van der Waals surface area contributed by atoms with Crippen LogP contribution in [-0.4, -0.2) is 62.0 Å². The molecule has 0 spiro atoms. The summed E-state index contributed by atoms with van der Waals surface area (Å²) in [5.41, 5.74) is 5.75. The number of benzene rings is 2. The summed E-state index contributed by atoms with van der Waals surface area (Å²) in [5, 5.41) is 4.07. The molecule has 3 heterocycles. The first-order valence-electron chi connectivity index (χ1n) is 11.9. The van der Waals surface area contributed by atoms with E-state index in [1.54, 1.807) is 0 Å². The number of pyridine rings is 1. The summed E-state index contributed by atoms with van der Waals surface area (Å²) in [6, 6.07) is 13.9. The van der Waals surface area contributed by atoms with E-state index in [1.165, 1.54) is 0 Å². The maximum absolute atomic E-state index is 13.4. The number of nitrogens with one attached hydrogen (secondary N) is 1. The Morgan fingerprint density at radius 2 is 1.91 bits per heavy atom. The summed E-state index contributed by atoms with van der Waals surface area (Å²) in [6.45, 7) is 5.05. The highest BCUT2D eigenvalue weighted by molar-refractivity contribution is 6.09. The number of para-hydroxylation sites is 1. The number of amides is 1. The molecule has 0 radical (unpaired) electrons. The fourth-order valence-corrected chi connectivity index (χ4v) is 4.98. The Hall–Kier alpha value is -3.42. The van der Waals surface area contributed by atoms with Crippen molar-refractivity contribution in [3.63, 3.8) is 0 Å². The predicted molar refractivity (Wildman–Crippen MR) is 130 cm³/mol. The lowest BCUT2D eigenvalue weighted by atomic mass is 10.00. The van der Waals surface area contributed by atoms with Gasteiger partial charge in [0.15, 0.2) is 11.5 Å². The van der Waals surface area contributed by atoms with Crippen molar-refractivity contribution in [3.8, 4) is 11.5 Å². The maximum Gasteiger partial charge on any atom is 0.252 e. The second-order valence-corrected chi connectivity index (χ2v) is 8.82. The van der Waals surface area contributed by atoms with Gasteiger partial charge in [-0.15, -0.1) is 0 Å². The third kappa shape index (κ3) is 4.02. The fraction of sp³-hybridized carbons (Fsp3) is 0.333. The van der Waals surface area contributed by atoms with Gasteiger partial charge >= 0.3 is 0 Å². The van der Waals surface area contributed by atoms with Crippen LogP contribution >= 0.6 is 0 Å². The molecule has 1 aromatic heterocycles. The van der Waals surface area contributed by atoms with Crippen LogP contribution in [0.5, 0.6) is 11.5 Å². The molecule has 174 valence electrons. The van der Waals surface area contributed by atoms with Crippen LogP contribution in [0.2, 0.25) is 0 Å². The van der Waals surface area contributed by atoms with Gasteiger partial charge in [0.05, 0.1) is 30.0 Å². The molecule has 1 N–H and O–H groups in total. The third-order valence-electron chi connectivity index (χ3n) is 6.72. The number of hydrogen-bond donors (Lipinski definition) is 1. The van der Waals surface area contributed by atoms with Crippen molar-refractivity contribution in [1.82, 2.24) is 15.2 Å². The largest absolute Gasteiger partial charge is 0.454 e. The molecule has 1 saturated heterocycles. The molecule has 0 unspecified atom stereocenters. The van der Waals surface area contributed by atoms with Crippen molar-refractivity contribution in [3.05, 3.63) is 64.8 Å².